The molecule has 1 aromatic carbocycles. The molecular formula is C39H37N9O2S2. The van der Waals surface area contributed by atoms with Crippen LogP contribution in [0.4, 0.5) is 11.6 Å². The molecule has 0 radical (unpaired) electrons. The number of pyridine rings is 2. The third-order valence-corrected chi connectivity index (χ3v) is 11.1. The van der Waals surface area contributed by atoms with Crippen molar-refractivity contribution >= 4 is 60.6 Å². The Morgan fingerprint density at radius 1 is 0.904 bits per heavy atom. The van der Waals surface area contributed by atoms with Crippen LogP contribution in [0.3, 0.4) is 0 Å². The van der Waals surface area contributed by atoms with Gasteiger partial charge in [0.05, 0.1) is 16.5 Å². The molecule has 1 aliphatic heterocycles. The molecule has 52 heavy (non-hydrogen) atoms. The van der Waals surface area contributed by atoms with Gasteiger partial charge in [0.2, 0.25) is 5.91 Å². The van der Waals surface area contributed by atoms with Crippen LogP contribution in [0.5, 0.6) is 0 Å². The number of primary amides is 1. The summed E-state index contributed by atoms with van der Waals surface area (Å²) in [7, 11) is 1.71. The van der Waals surface area contributed by atoms with Crippen LogP contribution in [0.25, 0.3) is 65.9 Å². The number of carbonyl (C=O) groups excluding carboxylic acids is 1. The highest BCUT2D eigenvalue weighted by Gasteiger charge is 2.27. The standard InChI is InChI=1S/C39H37N9O2S2/c1-23(14-19-50-2)42-34-27-15-20-51-38(27)46-36(44-34)31-21-26(11-16-41-31)29-9-6-10-30(43-29)35-45-37(48-17-12-25(13-18-48)33(40)49)32-28(22-52-39(32)47-35)24-7-4-3-5-8-24/h3-11,15-16,20-23,25H,12-14,17-19H2,1-2H3,(H2,40,49)(H,42,44,46). The molecule has 7 heterocycles. The molecule has 13 heteroatoms. The average molecular weight is 728 g/mol. The Morgan fingerprint density at radius 3 is 2.50 bits per heavy atom. The topological polar surface area (TPSA) is 145 Å². The second-order valence-corrected chi connectivity index (χ2v) is 14.7. The maximum Gasteiger partial charge on any atom is 0.220 e. The van der Waals surface area contributed by atoms with E-state index in [1.807, 2.05) is 60.0 Å². The van der Waals surface area contributed by atoms with Crippen molar-refractivity contribution in [2.75, 3.05) is 37.0 Å². The van der Waals surface area contributed by atoms with Gasteiger partial charge in [0.1, 0.15) is 32.7 Å². The van der Waals surface area contributed by atoms with Gasteiger partial charge in [0.15, 0.2) is 11.6 Å². The van der Waals surface area contributed by atoms with Crippen molar-refractivity contribution in [1.29, 1.82) is 0 Å². The molecule has 1 atom stereocenters. The number of anilines is 2. The summed E-state index contributed by atoms with van der Waals surface area (Å²) in [5.41, 5.74) is 10.8. The normalized spacial score (nSPS) is 14.2. The number of nitrogens with one attached hydrogen (secondary N) is 1. The fourth-order valence-corrected chi connectivity index (χ4v) is 8.29. The first-order chi connectivity index (χ1) is 25.4. The number of methoxy groups -OCH3 is 1. The van der Waals surface area contributed by atoms with Gasteiger partial charge in [-0.05, 0) is 67.5 Å². The maximum atomic E-state index is 12.0. The van der Waals surface area contributed by atoms with E-state index in [1.165, 1.54) is 0 Å². The van der Waals surface area contributed by atoms with E-state index in [4.69, 9.17) is 35.4 Å². The molecular weight excluding hydrogens is 691 g/mol. The summed E-state index contributed by atoms with van der Waals surface area (Å²) < 4.78 is 5.28. The lowest BCUT2D eigenvalue weighted by Gasteiger charge is -2.32. The summed E-state index contributed by atoms with van der Waals surface area (Å²) >= 11 is 3.17. The summed E-state index contributed by atoms with van der Waals surface area (Å²) in [5, 5.41) is 9.72. The second-order valence-electron chi connectivity index (χ2n) is 12.9. The van der Waals surface area contributed by atoms with E-state index in [1.54, 1.807) is 36.0 Å². The molecule has 262 valence electrons. The Bertz CT molecular complexity index is 2370. The van der Waals surface area contributed by atoms with Gasteiger partial charge in [-0.2, -0.15) is 0 Å². The molecule has 1 aliphatic rings. The third kappa shape index (κ3) is 6.82. The highest BCUT2D eigenvalue weighted by Crippen LogP contribution is 2.40. The van der Waals surface area contributed by atoms with Crippen molar-refractivity contribution in [2.45, 2.75) is 32.2 Å². The summed E-state index contributed by atoms with van der Waals surface area (Å²) in [6.45, 7) is 4.14. The van der Waals surface area contributed by atoms with E-state index in [0.717, 1.165) is 60.9 Å². The molecule has 1 saturated heterocycles. The van der Waals surface area contributed by atoms with E-state index in [-0.39, 0.29) is 17.9 Å². The SMILES string of the molecule is COCCC(C)Nc1nc(-c2cc(-c3cccc(-c4nc(N5CCC(C(N)=O)CC5)c5c(-c6ccccc6)csc5n4)n3)ccn2)nc2sccc12. The largest absolute Gasteiger partial charge is 0.385 e. The number of thiophene rings is 2. The van der Waals surface area contributed by atoms with Gasteiger partial charge >= 0.3 is 0 Å². The summed E-state index contributed by atoms with van der Waals surface area (Å²) in [6.07, 6.45) is 3.99. The van der Waals surface area contributed by atoms with Crippen LogP contribution < -0.4 is 16.0 Å². The molecule has 1 fully saturated rings. The molecule has 1 amide bonds. The van der Waals surface area contributed by atoms with Gasteiger partial charge in [0.25, 0.3) is 0 Å². The van der Waals surface area contributed by atoms with Gasteiger partial charge in [-0.1, -0.05) is 36.4 Å². The third-order valence-electron chi connectivity index (χ3n) is 9.42. The number of nitrogens with two attached hydrogens (primary N) is 1. The quantitative estimate of drug-likeness (QED) is 0.136. The Balaban J connectivity index is 1.15. The molecule has 0 bridgehead atoms. The van der Waals surface area contributed by atoms with E-state index in [2.05, 4.69) is 39.6 Å². The summed E-state index contributed by atoms with van der Waals surface area (Å²) in [4.78, 5) is 45.8. The molecule has 6 aromatic heterocycles. The van der Waals surface area contributed by atoms with E-state index in [9.17, 15) is 4.79 Å². The first-order valence-electron chi connectivity index (χ1n) is 17.3. The zero-order valence-electron chi connectivity index (χ0n) is 28.8. The number of amides is 1. The lowest BCUT2D eigenvalue weighted by molar-refractivity contribution is -0.122. The van der Waals surface area contributed by atoms with Crippen molar-refractivity contribution in [3.63, 3.8) is 0 Å². The molecule has 1 unspecified atom stereocenters. The number of hydrogen-bond donors (Lipinski definition) is 2. The van der Waals surface area contributed by atoms with Gasteiger partial charge < -0.3 is 20.7 Å². The number of fused-ring (bicyclic) bond motifs is 2. The van der Waals surface area contributed by atoms with Gasteiger partial charge in [0, 0.05) is 61.5 Å². The number of benzene rings is 1. The molecule has 7 aromatic rings. The Hall–Kier alpha value is -5.37. The zero-order chi connectivity index (χ0) is 35.6. The Kier molecular flexibility index (Phi) is 9.54. The minimum atomic E-state index is -0.239. The van der Waals surface area contributed by atoms with Crippen LogP contribution in [0, 0.1) is 5.92 Å². The van der Waals surface area contributed by atoms with Crippen LogP contribution in [-0.2, 0) is 9.53 Å². The Labute approximate surface area is 309 Å². The van der Waals surface area contributed by atoms with Gasteiger partial charge in [-0.3, -0.25) is 9.78 Å². The molecule has 11 nitrogen and oxygen atoms in total. The Morgan fingerprint density at radius 2 is 1.69 bits per heavy atom. The number of nitrogens with zero attached hydrogens (tertiary/aromatic N) is 7. The number of piperidine rings is 1. The summed E-state index contributed by atoms with van der Waals surface area (Å²) in [6, 6.07) is 22.3. The van der Waals surface area contributed by atoms with Gasteiger partial charge in [-0.25, -0.2) is 24.9 Å². The predicted octanol–water partition coefficient (Wildman–Crippen LogP) is 7.69. The van der Waals surface area contributed by atoms with Crippen molar-refractivity contribution in [3.8, 4) is 45.4 Å². The minimum absolute atomic E-state index is 0.127. The first kappa shape index (κ1) is 33.8. The molecule has 0 aliphatic carbocycles. The summed E-state index contributed by atoms with van der Waals surface area (Å²) in [5.74, 6) is 2.35. The lowest BCUT2D eigenvalue weighted by Crippen LogP contribution is -2.39. The number of hydrogen-bond acceptors (Lipinski definition) is 12. The van der Waals surface area contributed by atoms with Crippen LogP contribution in [0.1, 0.15) is 26.2 Å². The molecule has 8 rings (SSSR count). The van der Waals surface area contributed by atoms with Crippen molar-refractivity contribution in [3.05, 3.63) is 83.7 Å². The highest BCUT2D eigenvalue weighted by atomic mass is 32.1. The van der Waals surface area contributed by atoms with Crippen molar-refractivity contribution < 1.29 is 9.53 Å². The van der Waals surface area contributed by atoms with Gasteiger partial charge in [-0.15, -0.1) is 22.7 Å². The van der Waals surface area contributed by atoms with E-state index in [0.29, 0.717) is 55.6 Å². The van der Waals surface area contributed by atoms with Crippen LogP contribution in [-0.4, -0.2) is 68.7 Å². The highest BCUT2D eigenvalue weighted by molar-refractivity contribution is 7.17. The number of rotatable bonds is 11. The zero-order valence-corrected chi connectivity index (χ0v) is 30.5. The lowest BCUT2D eigenvalue weighted by atomic mass is 9.96. The van der Waals surface area contributed by atoms with Crippen LogP contribution >= 0.6 is 22.7 Å². The predicted molar refractivity (Wildman–Crippen MR) is 209 cm³/mol. The first-order valence-corrected chi connectivity index (χ1v) is 19.0. The van der Waals surface area contributed by atoms with E-state index >= 15 is 0 Å². The number of carbonyl (C=O) groups is 1. The average Bonchev–Trinajstić information content (AvgIpc) is 3.85. The second kappa shape index (κ2) is 14.7. The fourth-order valence-electron chi connectivity index (χ4n) is 6.59. The van der Waals surface area contributed by atoms with Crippen LogP contribution in [0.15, 0.2) is 83.7 Å². The molecule has 0 spiro atoms. The number of aromatic nitrogens is 6. The van der Waals surface area contributed by atoms with Crippen molar-refractivity contribution in [2.24, 2.45) is 11.7 Å². The smallest absolute Gasteiger partial charge is 0.220 e. The van der Waals surface area contributed by atoms with Crippen molar-refractivity contribution in [1.82, 2.24) is 29.9 Å². The monoisotopic (exact) mass is 727 g/mol. The van der Waals surface area contributed by atoms with Crippen LogP contribution in [0.2, 0.25) is 0 Å². The molecule has 0 saturated carbocycles. The number of ether oxygens (including phenoxy) is 1. The minimum Gasteiger partial charge on any atom is -0.385 e. The molecule has 3 N–H and O–H groups in total. The maximum absolute atomic E-state index is 12.0. The fraction of sp³-hybridized carbons (Fsp3) is 0.256. The van der Waals surface area contributed by atoms with E-state index < -0.39 is 0 Å².